The van der Waals surface area contributed by atoms with E-state index < -0.39 is 5.82 Å². The normalized spacial score (nSPS) is 14.4. The van der Waals surface area contributed by atoms with Crippen LogP contribution in [0.5, 0.6) is 11.5 Å². The Morgan fingerprint density at radius 1 is 1.16 bits per heavy atom. The van der Waals surface area contributed by atoms with Crippen LogP contribution in [0.25, 0.3) is 10.2 Å². The first-order chi connectivity index (χ1) is 15.6. The Bertz CT molecular complexity index is 1040. The predicted molar refractivity (Wildman–Crippen MR) is 122 cm³/mol. The van der Waals surface area contributed by atoms with Crippen LogP contribution in [-0.4, -0.2) is 68.4 Å². The van der Waals surface area contributed by atoms with Crippen LogP contribution in [0.2, 0.25) is 0 Å². The van der Waals surface area contributed by atoms with E-state index in [1.54, 1.807) is 41.3 Å². The Hall–Kier alpha value is -2.75. The molecule has 7 nitrogen and oxygen atoms in total. The first kappa shape index (κ1) is 22.4. The highest BCUT2D eigenvalue weighted by atomic mass is 32.1. The number of amides is 1. The van der Waals surface area contributed by atoms with Gasteiger partial charge in [0.15, 0.2) is 11.7 Å². The Morgan fingerprint density at radius 3 is 2.56 bits per heavy atom. The Labute approximate surface area is 190 Å². The van der Waals surface area contributed by atoms with Crippen LogP contribution in [0.1, 0.15) is 6.92 Å². The average Bonchev–Trinajstić information content (AvgIpc) is 3.25. The predicted octanol–water partition coefficient (Wildman–Crippen LogP) is 3.58. The van der Waals surface area contributed by atoms with Crippen molar-refractivity contribution in [3.63, 3.8) is 0 Å². The second kappa shape index (κ2) is 10.7. The minimum Gasteiger partial charge on any atom is -0.494 e. The maximum atomic E-state index is 14.2. The molecule has 2 aromatic carbocycles. The number of ether oxygens (including phenoxy) is 3. The summed E-state index contributed by atoms with van der Waals surface area (Å²) in [7, 11) is 0. The monoisotopic (exact) mass is 459 g/mol. The smallest absolute Gasteiger partial charge is 0.266 e. The van der Waals surface area contributed by atoms with Gasteiger partial charge in [-0.3, -0.25) is 14.6 Å². The molecule has 1 saturated heterocycles. The largest absolute Gasteiger partial charge is 0.494 e. The van der Waals surface area contributed by atoms with E-state index in [-0.39, 0.29) is 18.0 Å². The Morgan fingerprint density at radius 2 is 1.88 bits per heavy atom. The molecular weight excluding hydrogens is 433 g/mol. The number of hydrogen-bond acceptors (Lipinski definition) is 7. The van der Waals surface area contributed by atoms with Crippen molar-refractivity contribution < 1.29 is 23.4 Å². The van der Waals surface area contributed by atoms with Crippen molar-refractivity contribution in [1.29, 1.82) is 0 Å². The molecule has 1 aliphatic rings. The second-order valence-electron chi connectivity index (χ2n) is 7.28. The summed E-state index contributed by atoms with van der Waals surface area (Å²) in [6.45, 7) is 6.47. The maximum absolute atomic E-state index is 14.2. The number of carbonyl (C=O) groups excluding carboxylic acids is 1. The maximum Gasteiger partial charge on any atom is 0.266 e. The lowest BCUT2D eigenvalue weighted by molar-refractivity contribution is -0.120. The molecule has 0 spiro atoms. The third kappa shape index (κ3) is 5.53. The molecule has 0 unspecified atom stereocenters. The summed E-state index contributed by atoms with van der Waals surface area (Å²) < 4.78 is 31.4. The number of nitrogens with zero attached hydrogens (tertiary/aromatic N) is 3. The highest BCUT2D eigenvalue weighted by molar-refractivity contribution is 7.22. The summed E-state index contributed by atoms with van der Waals surface area (Å²) in [5.41, 5.74) is 0.282. The summed E-state index contributed by atoms with van der Waals surface area (Å²) in [6.07, 6.45) is 0. The van der Waals surface area contributed by atoms with Gasteiger partial charge in [0.1, 0.15) is 22.8 Å². The topological polar surface area (TPSA) is 64.1 Å². The number of halogens is 1. The van der Waals surface area contributed by atoms with E-state index in [1.807, 2.05) is 6.92 Å². The summed E-state index contributed by atoms with van der Waals surface area (Å²) >= 11 is 1.30. The quantitative estimate of drug-likeness (QED) is 0.488. The van der Waals surface area contributed by atoms with E-state index in [0.29, 0.717) is 48.5 Å². The fourth-order valence-electron chi connectivity index (χ4n) is 3.43. The first-order valence-electron chi connectivity index (χ1n) is 10.6. The van der Waals surface area contributed by atoms with Crippen molar-refractivity contribution in [2.75, 3.05) is 57.5 Å². The molecule has 1 aliphatic heterocycles. The number of hydrogen-bond donors (Lipinski definition) is 0. The van der Waals surface area contributed by atoms with Crippen LogP contribution in [-0.2, 0) is 9.53 Å². The average molecular weight is 460 g/mol. The van der Waals surface area contributed by atoms with Gasteiger partial charge in [0.05, 0.1) is 24.5 Å². The van der Waals surface area contributed by atoms with Crippen molar-refractivity contribution in [2.24, 2.45) is 0 Å². The van der Waals surface area contributed by atoms with Crippen molar-refractivity contribution in [3.8, 4) is 11.5 Å². The number of thiazole rings is 1. The molecule has 1 aromatic heterocycles. The van der Waals surface area contributed by atoms with Gasteiger partial charge in [-0.25, -0.2) is 9.37 Å². The highest BCUT2D eigenvalue weighted by Crippen LogP contribution is 2.30. The minimum absolute atomic E-state index is 0.143. The number of morpholine rings is 1. The lowest BCUT2D eigenvalue weighted by Crippen LogP contribution is -2.44. The van der Waals surface area contributed by atoms with Crippen LogP contribution in [0.15, 0.2) is 42.5 Å². The van der Waals surface area contributed by atoms with Crippen LogP contribution in [0.3, 0.4) is 0 Å². The van der Waals surface area contributed by atoms with Gasteiger partial charge >= 0.3 is 0 Å². The van der Waals surface area contributed by atoms with Gasteiger partial charge in [-0.2, -0.15) is 0 Å². The van der Waals surface area contributed by atoms with Crippen LogP contribution in [0.4, 0.5) is 9.52 Å². The van der Waals surface area contributed by atoms with Gasteiger partial charge in [-0.1, -0.05) is 17.4 Å². The van der Waals surface area contributed by atoms with E-state index in [1.165, 1.54) is 17.4 Å². The fraction of sp³-hybridized carbons (Fsp3) is 0.391. The fourth-order valence-corrected chi connectivity index (χ4v) is 4.46. The van der Waals surface area contributed by atoms with Crippen LogP contribution in [0, 0.1) is 5.82 Å². The number of fused-ring (bicyclic) bond motifs is 1. The molecule has 1 amide bonds. The number of carbonyl (C=O) groups is 1. The summed E-state index contributed by atoms with van der Waals surface area (Å²) in [5, 5.41) is 0.471. The summed E-state index contributed by atoms with van der Waals surface area (Å²) in [6, 6.07) is 12.0. The Balaban J connectivity index is 1.47. The van der Waals surface area contributed by atoms with E-state index in [0.717, 1.165) is 18.8 Å². The molecule has 0 saturated carbocycles. The number of aromatic nitrogens is 1. The zero-order chi connectivity index (χ0) is 22.3. The lowest BCUT2D eigenvalue weighted by atomic mass is 10.3. The molecule has 0 atom stereocenters. The Kier molecular flexibility index (Phi) is 7.51. The second-order valence-corrected chi connectivity index (χ2v) is 8.28. The van der Waals surface area contributed by atoms with Gasteiger partial charge in [0.25, 0.3) is 5.91 Å². The van der Waals surface area contributed by atoms with E-state index in [2.05, 4.69) is 9.88 Å². The van der Waals surface area contributed by atoms with Gasteiger partial charge in [0, 0.05) is 26.2 Å². The molecule has 0 radical (unpaired) electrons. The van der Waals surface area contributed by atoms with Crippen molar-refractivity contribution >= 4 is 32.6 Å². The number of anilines is 1. The van der Waals surface area contributed by atoms with Crippen LogP contribution >= 0.6 is 11.3 Å². The zero-order valence-electron chi connectivity index (χ0n) is 18.0. The van der Waals surface area contributed by atoms with Crippen LogP contribution < -0.4 is 14.4 Å². The van der Waals surface area contributed by atoms with Gasteiger partial charge < -0.3 is 14.2 Å². The molecule has 0 aliphatic carbocycles. The van der Waals surface area contributed by atoms with E-state index >= 15 is 0 Å². The molecule has 2 heterocycles. The molecule has 0 N–H and O–H groups in total. The number of benzene rings is 2. The lowest BCUT2D eigenvalue weighted by Gasteiger charge is -2.29. The first-order valence-corrected chi connectivity index (χ1v) is 11.5. The number of rotatable bonds is 9. The molecule has 9 heteroatoms. The van der Waals surface area contributed by atoms with Crippen molar-refractivity contribution in [1.82, 2.24) is 9.88 Å². The van der Waals surface area contributed by atoms with Gasteiger partial charge in [-0.15, -0.1) is 0 Å². The van der Waals surface area contributed by atoms with E-state index in [9.17, 15) is 9.18 Å². The van der Waals surface area contributed by atoms with Crippen molar-refractivity contribution in [2.45, 2.75) is 6.92 Å². The van der Waals surface area contributed by atoms with Crippen molar-refractivity contribution in [3.05, 3.63) is 48.3 Å². The molecule has 3 aromatic rings. The highest BCUT2D eigenvalue weighted by Gasteiger charge is 2.23. The third-order valence-electron chi connectivity index (χ3n) is 5.13. The standard InChI is InChI=1S/C23H26FN3O4S/c1-2-30-17-6-8-18(9-7-17)31-16-21(28)27(11-10-26-12-14-29-15-13-26)23-25-22-19(24)4-3-5-20(22)32-23/h3-9H,2,10-16H2,1H3. The SMILES string of the molecule is CCOc1ccc(OCC(=O)N(CCN2CCOCC2)c2nc3c(F)cccc3s2)cc1. The van der Waals surface area contributed by atoms with Gasteiger partial charge in [0.2, 0.25) is 0 Å². The molecule has 0 bridgehead atoms. The summed E-state index contributed by atoms with van der Waals surface area (Å²) in [5.74, 6) is 0.697. The molecule has 170 valence electrons. The zero-order valence-corrected chi connectivity index (χ0v) is 18.8. The van der Waals surface area contributed by atoms with E-state index in [4.69, 9.17) is 14.2 Å². The third-order valence-corrected chi connectivity index (χ3v) is 6.17. The molecular formula is C23H26FN3O4S. The molecule has 4 rings (SSSR count). The minimum atomic E-state index is -0.392. The summed E-state index contributed by atoms with van der Waals surface area (Å²) in [4.78, 5) is 21.4. The molecule has 32 heavy (non-hydrogen) atoms. The number of para-hydroxylation sites is 1. The van der Waals surface area contributed by atoms with Gasteiger partial charge in [-0.05, 0) is 43.3 Å². The molecule has 1 fully saturated rings.